The molecule has 0 bridgehead atoms. The third-order valence-electron chi connectivity index (χ3n) is 3.36. The predicted octanol–water partition coefficient (Wildman–Crippen LogP) is 3.01. The summed E-state index contributed by atoms with van der Waals surface area (Å²) < 4.78 is 0. The quantitative estimate of drug-likeness (QED) is 0.775. The van der Waals surface area contributed by atoms with Crippen LogP contribution in [0.15, 0.2) is 30.3 Å². The van der Waals surface area contributed by atoms with E-state index in [1.54, 1.807) is 0 Å². The van der Waals surface area contributed by atoms with E-state index < -0.39 is 0 Å². The molecule has 0 spiro atoms. The summed E-state index contributed by atoms with van der Waals surface area (Å²) in [5.74, 6) is 0.961. The monoisotopic (exact) mass is 203 g/mol. The van der Waals surface area contributed by atoms with Crippen molar-refractivity contribution in [3.63, 3.8) is 0 Å². The first-order chi connectivity index (χ1) is 7.34. The number of nitrogens with one attached hydrogen (secondary N) is 1. The molecule has 0 saturated heterocycles. The Hall–Kier alpha value is -0.820. The second-order valence-electron chi connectivity index (χ2n) is 4.80. The lowest BCUT2D eigenvalue weighted by Gasteiger charge is -2.27. The van der Waals surface area contributed by atoms with Crippen LogP contribution in [0.4, 0.5) is 0 Å². The lowest BCUT2D eigenvalue weighted by molar-refractivity contribution is 0.291. The van der Waals surface area contributed by atoms with Crippen molar-refractivity contribution in [1.82, 2.24) is 5.32 Å². The highest BCUT2D eigenvalue weighted by molar-refractivity contribution is 5.15. The summed E-state index contributed by atoms with van der Waals surface area (Å²) in [6.07, 6.45) is 5.46. The number of benzene rings is 1. The molecule has 1 atom stereocenters. The van der Waals surface area contributed by atoms with E-state index in [9.17, 15) is 0 Å². The van der Waals surface area contributed by atoms with Gasteiger partial charge in [0.05, 0.1) is 0 Å². The minimum Gasteiger partial charge on any atom is -0.314 e. The van der Waals surface area contributed by atoms with Gasteiger partial charge in [-0.15, -0.1) is 0 Å². The standard InChI is InChI=1S/C14H21N/c1-12(15-11-14-8-5-9-14)10-13-6-3-2-4-7-13/h2-4,6-7,12,14-15H,5,8-11H2,1H3. The first-order valence-electron chi connectivity index (χ1n) is 6.12. The van der Waals surface area contributed by atoms with Gasteiger partial charge in [0.2, 0.25) is 0 Å². The zero-order valence-corrected chi connectivity index (χ0v) is 9.58. The van der Waals surface area contributed by atoms with E-state index in [-0.39, 0.29) is 0 Å². The van der Waals surface area contributed by atoms with Gasteiger partial charge in [0.1, 0.15) is 0 Å². The van der Waals surface area contributed by atoms with Gasteiger partial charge in [-0.2, -0.15) is 0 Å². The first-order valence-corrected chi connectivity index (χ1v) is 6.12. The maximum absolute atomic E-state index is 3.63. The molecule has 15 heavy (non-hydrogen) atoms. The third-order valence-corrected chi connectivity index (χ3v) is 3.36. The van der Waals surface area contributed by atoms with Crippen molar-refractivity contribution in [2.75, 3.05) is 6.54 Å². The minimum atomic E-state index is 0.605. The molecule has 2 rings (SSSR count). The van der Waals surface area contributed by atoms with Gasteiger partial charge in [0.15, 0.2) is 0 Å². The zero-order valence-electron chi connectivity index (χ0n) is 9.58. The van der Waals surface area contributed by atoms with E-state index in [2.05, 4.69) is 42.6 Å². The molecule has 0 aromatic heterocycles. The van der Waals surface area contributed by atoms with Gasteiger partial charge in [0, 0.05) is 6.04 Å². The highest BCUT2D eigenvalue weighted by Crippen LogP contribution is 2.25. The van der Waals surface area contributed by atoms with E-state index in [0.717, 1.165) is 12.3 Å². The summed E-state index contributed by atoms with van der Waals surface area (Å²) in [7, 11) is 0. The van der Waals surface area contributed by atoms with Gasteiger partial charge < -0.3 is 5.32 Å². The van der Waals surface area contributed by atoms with Crippen LogP contribution < -0.4 is 5.32 Å². The summed E-state index contributed by atoms with van der Waals surface area (Å²) in [6.45, 7) is 3.50. The third kappa shape index (κ3) is 3.35. The first kappa shape index (κ1) is 10.7. The molecule has 1 aliphatic carbocycles. The molecule has 1 aliphatic rings. The Balaban J connectivity index is 1.69. The van der Waals surface area contributed by atoms with Crippen LogP contribution in [0.1, 0.15) is 31.7 Å². The van der Waals surface area contributed by atoms with E-state index in [1.807, 2.05) is 0 Å². The van der Waals surface area contributed by atoms with Crippen LogP contribution in [0.3, 0.4) is 0 Å². The van der Waals surface area contributed by atoms with Crippen LogP contribution in [0.5, 0.6) is 0 Å². The van der Waals surface area contributed by atoms with Gasteiger partial charge in [-0.3, -0.25) is 0 Å². The fourth-order valence-corrected chi connectivity index (χ4v) is 2.10. The lowest BCUT2D eigenvalue weighted by atomic mass is 9.85. The van der Waals surface area contributed by atoms with Gasteiger partial charge in [-0.25, -0.2) is 0 Å². The number of rotatable bonds is 5. The summed E-state index contributed by atoms with van der Waals surface area (Å²) in [6, 6.07) is 11.3. The second kappa shape index (κ2) is 5.32. The largest absolute Gasteiger partial charge is 0.314 e. The molecule has 1 unspecified atom stereocenters. The van der Waals surface area contributed by atoms with E-state index >= 15 is 0 Å². The summed E-state index contributed by atoms with van der Waals surface area (Å²) in [5.41, 5.74) is 1.44. The highest BCUT2D eigenvalue weighted by Gasteiger charge is 2.17. The summed E-state index contributed by atoms with van der Waals surface area (Å²) in [4.78, 5) is 0. The second-order valence-corrected chi connectivity index (χ2v) is 4.80. The average molecular weight is 203 g/mol. The van der Waals surface area contributed by atoms with Crippen molar-refractivity contribution in [3.8, 4) is 0 Å². The Labute approximate surface area is 92.9 Å². The molecular formula is C14H21N. The van der Waals surface area contributed by atoms with Crippen LogP contribution in [-0.4, -0.2) is 12.6 Å². The minimum absolute atomic E-state index is 0.605. The number of hydrogen-bond donors (Lipinski definition) is 1. The van der Waals surface area contributed by atoms with Crippen LogP contribution >= 0.6 is 0 Å². The van der Waals surface area contributed by atoms with Crippen molar-refractivity contribution in [2.45, 2.75) is 38.6 Å². The molecule has 0 aliphatic heterocycles. The Morgan fingerprint density at radius 3 is 2.60 bits per heavy atom. The van der Waals surface area contributed by atoms with E-state index in [4.69, 9.17) is 0 Å². The summed E-state index contributed by atoms with van der Waals surface area (Å²) >= 11 is 0. The fraction of sp³-hybridized carbons (Fsp3) is 0.571. The molecule has 1 aromatic carbocycles. The SMILES string of the molecule is CC(Cc1ccccc1)NCC1CCC1. The molecule has 0 heterocycles. The Bertz CT molecular complexity index is 277. The molecule has 1 fully saturated rings. The van der Waals surface area contributed by atoms with Crippen molar-refractivity contribution in [3.05, 3.63) is 35.9 Å². The Morgan fingerprint density at radius 1 is 1.27 bits per heavy atom. The van der Waals surface area contributed by atoms with Gasteiger partial charge >= 0.3 is 0 Å². The molecule has 1 nitrogen and oxygen atoms in total. The lowest BCUT2D eigenvalue weighted by Crippen LogP contribution is -2.34. The van der Waals surface area contributed by atoms with Crippen molar-refractivity contribution >= 4 is 0 Å². The van der Waals surface area contributed by atoms with Crippen molar-refractivity contribution in [1.29, 1.82) is 0 Å². The van der Waals surface area contributed by atoms with Crippen LogP contribution in [0.25, 0.3) is 0 Å². The van der Waals surface area contributed by atoms with Gasteiger partial charge in [-0.05, 0) is 44.2 Å². The average Bonchev–Trinajstić information content (AvgIpc) is 2.17. The molecule has 1 aromatic rings. The van der Waals surface area contributed by atoms with Crippen LogP contribution in [0.2, 0.25) is 0 Å². The molecule has 0 amide bonds. The fourth-order valence-electron chi connectivity index (χ4n) is 2.10. The zero-order chi connectivity index (χ0) is 10.5. The van der Waals surface area contributed by atoms with Crippen LogP contribution in [0, 0.1) is 5.92 Å². The molecule has 1 heteroatoms. The van der Waals surface area contributed by atoms with E-state index in [1.165, 1.54) is 31.4 Å². The van der Waals surface area contributed by atoms with Crippen LogP contribution in [-0.2, 0) is 6.42 Å². The van der Waals surface area contributed by atoms with Gasteiger partial charge in [-0.1, -0.05) is 36.8 Å². The smallest absolute Gasteiger partial charge is 0.00792 e. The van der Waals surface area contributed by atoms with Crippen molar-refractivity contribution < 1.29 is 0 Å². The Kier molecular flexibility index (Phi) is 3.79. The Morgan fingerprint density at radius 2 is 2.00 bits per heavy atom. The summed E-state index contributed by atoms with van der Waals surface area (Å²) in [5, 5.41) is 3.63. The maximum atomic E-state index is 3.63. The predicted molar refractivity (Wildman–Crippen MR) is 65.0 cm³/mol. The molecular weight excluding hydrogens is 182 g/mol. The topological polar surface area (TPSA) is 12.0 Å². The molecule has 1 N–H and O–H groups in total. The van der Waals surface area contributed by atoms with Gasteiger partial charge in [0.25, 0.3) is 0 Å². The molecule has 1 saturated carbocycles. The van der Waals surface area contributed by atoms with Crippen molar-refractivity contribution in [2.24, 2.45) is 5.92 Å². The molecule has 0 radical (unpaired) electrons. The number of hydrogen-bond acceptors (Lipinski definition) is 1. The highest BCUT2D eigenvalue weighted by atomic mass is 14.9. The van der Waals surface area contributed by atoms with E-state index in [0.29, 0.717) is 6.04 Å². The maximum Gasteiger partial charge on any atom is 0.00792 e. The molecule has 82 valence electrons. The normalized spacial score (nSPS) is 18.5.